The third kappa shape index (κ3) is 3.62. The van der Waals surface area contributed by atoms with Crippen molar-refractivity contribution in [2.45, 2.75) is 44.5 Å². The van der Waals surface area contributed by atoms with E-state index in [9.17, 15) is 31.1 Å². The zero-order valence-electron chi connectivity index (χ0n) is 11.5. The first kappa shape index (κ1) is 16.8. The maximum atomic E-state index is 13.0. The number of carbonyl (C=O) groups excluding carboxylic acids is 1. The summed E-state index contributed by atoms with van der Waals surface area (Å²) in [5, 5.41) is 0. The van der Waals surface area contributed by atoms with Crippen LogP contribution in [0.1, 0.15) is 53.6 Å². The van der Waals surface area contributed by atoms with Crippen LogP contribution in [-0.2, 0) is 12.4 Å². The minimum absolute atomic E-state index is 0.0239. The summed E-state index contributed by atoms with van der Waals surface area (Å²) < 4.78 is 76.8. The van der Waals surface area contributed by atoms with Gasteiger partial charge in [0.1, 0.15) is 0 Å². The van der Waals surface area contributed by atoms with E-state index in [1.165, 1.54) is 0 Å². The lowest BCUT2D eigenvalue weighted by atomic mass is 9.82. The average Bonchev–Trinajstić information content (AvgIpc) is 2.45. The molecule has 1 aliphatic carbocycles. The van der Waals surface area contributed by atoms with Gasteiger partial charge >= 0.3 is 12.4 Å². The Labute approximate surface area is 123 Å². The van der Waals surface area contributed by atoms with Crippen LogP contribution < -0.4 is 0 Å². The Bertz CT molecular complexity index is 552. The number of halogens is 6. The molecule has 0 spiro atoms. The van der Waals surface area contributed by atoms with Gasteiger partial charge in [-0.1, -0.05) is 25.3 Å². The maximum absolute atomic E-state index is 13.0. The normalized spacial score (nSPS) is 17.5. The maximum Gasteiger partial charge on any atom is 0.417 e. The van der Waals surface area contributed by atoms with Gasteiger partial charge in [-0.25, -0.2) is 0 Å². The van der Waals surface area contributed by atoms with Crippen molar-refractivity contribution in [2.24, 2.45) is 5.92 Å². The van der Waals surface area contributed by atoms with E-state index in [1.807, 2.05) is 0 Å². The first-order valence-electron chi connectivity index (χ1n) is 6.93. The van der Waals surface area contributed by atoms with E-state index >= 15 is 0 Å². The van der Waals surface area contributed by atoms with Crippen LogP contribution in [0.5, 0.6) is 0 Å². The number of rotatable bonds is 2. The number of carbonyl (C=O) groups is 1. The third-order valence-corrected chi connectivity index (χ3v) is 3.89. The van der Waals surface area contributed by atoms with E-state index < -0.39 is 40.7 Å². The Morgan fingerprint density at radius 1 is 0.909 bits per heavy atom. The van der Waals surface area contributed by atoms with E-state index in [2.05, 4.69) is 0 Å². The van der Waals surface area contributed by atoms with Crippen LogP contribution in [0.25, 0.3) is 0 Å². The highest BCUT2D eigenvalue weighted by atomic mass is 19.4. The second kappa shape index (κ2) is 5.93. The highest BCUT2D eigenvalue weighted by molar-refractivity contribution is 5.99. The van der Waals surface area contributed by atoms with Crippen molar-refractivity contribution < 1.29 is 31.1 Å². The summed E-state index contributed by atoms with van der Waals surface area (Å²) in [6.45, 7) is 0. The van der Waals surface area contributed by atoms with E-state index in [4.69, 9.17) is 0 Å². The predicted octanol–water partition coefficient (Wildman–Crippen LogP) is 5.49. The molecule has 1 aromatic carbocycles. The monoisotopic (exact) mass is 324 g/mol. The molecule has 0 saturated heterocycles. The number of hydrogen-bond acceptors (Lipinski definition) is 1. The van der Waals surface area contributed by atoms with E-state index in [0.717, 1.165) is 19.3 Å². The minimum Gasteiger partial charge on any atom is -0.294 e. The number of benzene rings is 1. The third-order valence-electron chi connectivity index (χ3n) is 3.89. The molecule has 0 heterocycles. The number of ketones is 1. The fraction of sp³-hybridized carbons (Fsp3) is 0.533. The average molecular weight is 324 g/mol. The van der Waals surface area contributed by atoms with Crippen molar-refractivity contribution in [3.05, 3.63) is 34.9 Å². The van der Waals surface area contributed by atoms with Crippen LogP contribution in [0.15, 0.2) is 18.2 Å². The van der Waals surface area contributed by atoms with Gasteiger partial charge in [0.15, 0.2) is 5.78 Å². The van der Waals surface area contributed by atoms with Gasteiger partial charge in [-0.05, 0) is 25.0 Å². The lowest BCUT2D eigenvalue weighted by molar-refractivity contribution is -0.143. The van der Waals surface area contributed by atoms with Gasteiger partial charge in [0.05, 0.1) is 11.1 Å². The SMILES string of the molecule is O=C(c1ccc(C(F)(F)F)cc1C(F)(F)F)C1CCCCC1. The topological polar surface area (TPSA) is 17.1 Å². The molecule has 1 aromatic rings. The van der Waals surface area contributed by atoms with E-state index in [-0.39, 0.29) is 6.07 Å². The highest BCUT2D eigenvalue weighted by Gasteiger charge is 2.40. The molecule has 0 amide bonds. The molecular formula is C15H14F6O. The zero-order chi connectivity index (χ0) is 16.5. The number of alkyl halides is 6. The van der Waals surface area contributed by atoms with Crippen molar-refractivity contribution in [1.82, 2.24) is 0 Å². The Balaban J connectivity index is 2.44. The molecular weight excluding hydrogens is 310 g/mol. The first-order valence-corrected chi connectivity index (χ1v) is 6.93. The van der Waals surface area contributed by atoms with Crippen molar-refractivity contribution >= 4 is 5.78 Å². The molecule has 0 aromatic heterocycles. The molecule has 0 radical (unpaired) electrons. The molecule has 0 aliphatic heterocycles. The summed E-state index contributed by atoms with van der Waals surface area (Å²) in [4.78, 5) is 12.2. The second-order valence-electron chi connectivity index (χ2n) is 5.46. The summed E-state index contributed by atoms with van der Waals surface area (Å²) >= 11 is 0. The summed E-state index contributed by atoms with van der Waals surface area (Å²) in [5.41, 5.74) is -3.56. The minimum atomic E-state index is -5.00. The molecule has 1 saturated carbocycles. The lowest BCUT2D eigenvalue weighted by Gasteiger charge is -2.22. The molecule has 7 heteroatoms. The van der Waals surface area contributed by atoms with Crippen LogP contribution >= 0.6 is 0 Å². The van der Waals surface area contributed by atoms with Crippen LogP contribution in [-0.4, -0.2) is 5.78 Å². The van der Waals surface area contributed by atoms with Crippen LogP contribution in [0.3, 0.4) is 0 Å². The highest BCUT2D eigenvalue weighted by Crippen LogP contribution is 2.39. The summed E-state index contributed by atoms with van der Waals surface area (Å²) in [6, 6.07) is 1.21. The van der Waals surface area contributed by atoms with Crippen LogP contribution in [0, 0.1) is 5.92 Å². The molecule has 0 unspecified atom stereocenters. The standard InChI is InChI=1S/C15H14F6O/c16-14(17,18)10-6-7-11(12(8-10)15(19,20)21)13(22)9-4-2-1-3-5-9/h6-9H,1-5H2. The van der Waals surface area contributed by atoms with Crippen molar-refractivity contribution in [3.8, 4) is 0 Å². The molecule has 2 rings (SSSR count). The largest absolute Gasteiger partial charge is 0.417 e. The molecule has 122 valence electrons. The number of Topliss-reactive ketones (excluding diaryl/α,β-unsaturated/α-hetero) is 1. The van der Waals surface area contributed by atoms with Gasteiger partial charge in [-0.15, -0.1) is 0 Å². The van der Waals surface area contributed by atoms with Crippen molar-refractivity contribution in [3.63, 3.8) is 0 Å². The molecule has 0 bridgehead atoms. The fourth-order valence-electron chi connectivity index (χ4n) is 2.75. The van der Waals surface area contributed by atoms with Gasteiger partial charge in [0.25, 0.3) is 0 Å². The second-order valence-corrected chi connectivity index (χ2v) is 5.46. The summed E-state index contributed by atoms with van der Waals surface area (Å²) in [7, 11) is 0. The van der Waals surface area contributed by atoms with Crippen molar-refractivity contribution in [1.29, 1.82) is 0 Å². The van der Waals surface area contributed by atoms with Gasteiger partial charge in [0, 0.05) is 11.5 Å². The Hall–Kier alpha value is -1.53. The van der Waals surface area contributed by atoms with Gasteiger partial charge < -0.3 is 0 Å². The Morgan fingerprint density at radius 2 is 1.50 bits per heavy atom. The van der Waals surface area contributed by atoms with Crippen molar-refractivity contribution in [2.75, 3.05) is 0 Å². The zero-order valence-corrected chi connectivity index (χ0v) is 11.5. The lowest BCUT2D eigenvalue weighted by Crippen LogP contribution is -2.22. The molecule has 22 heavy (non-hydrogen) atoms. The molecule has 1 aliphatic rings. The molecule has 0 atom stereocenters. The van der Waals surface area contributed by atoms with E-state index in [1.54, 1.807) is 0 Å². The quantitative estimate of drug-likeness (QED) is 0.519. The van der Waals surface area contributed by atoms with Gasteiger partial charge in [0.2, 0.25) is 0 Å². The fourth-order valence-corrected chi connectivity index (χ4v) is 2.75. The predicted molar refractivity (Wildman–Crippen MR) is 67.4 cm³/mol. The van der Waals surface area contributed by atoms with Gasteiger partial charge in [-0.3, -0.25) is 4.79 Å². The summed E-state index contributed by atoms with van der Waals surface area (Å²) in [6.07, 6.45) is -6.50. The van der Waals surface area contributed by atoms with Gasteiger partial charge in [-0.2, -0.15) is 26.3 Å². The first-order chi connectivity index (χ1) is 10.1. The van der Waals surface area contributed by atoms with Crippen LogP contribution in [0.2, 0.25) is 0 Å². The smallest absolute Gasteiger partial charge is 0.294 e. The van der Waals surface area contributed by atoms with Crippen LogP contribution in [0.4, 0.5) is 26.3 Å². The molecule has 0 N–H and O–H groups in total. The molecule has 1 fully saturated rings. The van der Waals surface area contributed by atoms with E-state index in [0.29, 0.717) is 25.0 Å². The number of hydrogen-bond donors (Lipinski definition) is 0. The Kier molecular flexibility index (Phi) is 4.54. The Morgan fingerprint density at radius 3 is 2.00 bits per heavy atom. The molecule has 1 nitrogen and oxygen atoms in total. The summed E-state index contributed by atoms with van der Waals surface area (Å²) in [5.74, 6) is -1.24.